The number of carbonyl (C=O) groups is 1. The third-order valence-corrected chi connectivity index (χ3v) is 2.31. The van der Waals surface area contributed by atoms with Gasteiger partial charge in [-0.25, -0.2) is 9.18 Å². The fourth-order valence-corrected chi connectivity index (χ4v) is 1.40. The van der Waals surface area contributed by atoms with Gasteiger partial charge in [0.15, 0.2) is 0 Å². The van der Waals surface area contributed by atoms with Gasteiger partial charge in [-0.15, -0.1) is 0 Å². The standard InChI is InChI=1S/C13H8FNO4/c14-11-5-9(2-1-8(11)6-15)18-7-10-3-4-12(19-10)13(16)17/h1-5H,7H2,(H,16,17). The van der Waals surface area contributed by atoms with Gasteiger partial charge in [0.1, 0.15) is 30.0 Å². The van der Waals surface area contributed by atoms with E-state index in [-0.39, 0.29) is 23.7 Å². The molecule has 0 amide bonds. The highest BCUT2D eigenvalue weighted by atomic mass is 19.1. The lowest BCUT2D eigenvalue weighted by atomic mass is 10.2. The molecule has 0 aliphatic carbocycles. The van der Waals surface area contributed by atoms with Crippen LogP contribution in [0.1, 0.15) is 21.9 Å². The quantitative estimate of drug-likeness (QED) is 0.914. The topological polar surface area (TPSA) is 83.5 Å². The van der Waals surface area contributed by atoms with Crippen LogP contribution in [0.15, 0.2) is 34.7 Å². The van der Waals surface area contributed by atoms with Crippen molar-refractivity contribution in [2.45, 2.75) is 6.61 Å². The molecule has 2 aromatic rings. The van der Waals surface area contributed by atoms with Crippen LogP contribution in [0.2, 0.25) is 0 Å². The van der Waals surface area contributed by atoms with Crippen LogP contribution >= 0.6 is 0 Å². The summed E-state index contributed by atoms with van der Waals surface area (Å²) in [5.41, 5.74) is -0.0708. The first-order chi connectivity index (χ1) is 9.10. The molecule has 0 saturated carbocycles. The Morgan fingerprint density at radius 3 is 2.79 bits per heavy atom. The highest BCUT2D eigenvalue weighted by molar-refractivity contribution is 5.84. The molecule has 2 rings (SSSR count). The molecule has 6 heteroatoms. The first-order valence-electron chi connectivity index (χ1n) is 5.24. The van der Waals surface area contributed by atoms with Gasteiger partial charge in [0.25, 0.3) is 0 Å². The highest BCUT2D eigenvalue weighted by Gasteiger charge is 2.09. The van der Waals surface area contributed by atoms with E-state index in [4.69, 9.17) is 19.5 Å². The number of halogens is 1. The molecule has 0 fully saturated rings. The van der Waals surface area contributed by atoms with Crippen molar-refractivity contribution >= 4 is 5.97 Å². The number of hydrogen-bond acceptors (Lipinski definition) is 4. The van der Waals surface area contributed by atoms with Gasteiger partial charge in [-0.3, -0.25) is 0 Å². The minimum atomic E-state index is -1.17. The lowest BCUT2D eigenvalue weighted by Gasteiger charge is -2.04. The van der Waals surface area contributed by atoms with Crippen LogP contribution in [0.4, 0.5) is 4.39 Å². The van der Waals surface area contributed by atoms with E-state index in [2.05, 4.69) is 0 Å². The van der Waals surface area contributed by atoms with Crippen molar-refractivity contribution in [1.82, 2.24) is 0 Å². The monoisotopic (exact) mass is 261 g/mol. The summed E-state index contributed by atoms with van der Waals surface area (Å²) in [6, 6.07) is 8.30. The molecule has 1 N–H and O–H groups in total. The molecule has 96 valence electrons. The van der Waals surface area contributed by atoms with Crippen molar-refractivity contribution in [3.05, 3.63) is 53.2 Å². The second-order valence-electron chi connectivity index (χ2n) is 3.61. The van der Waals surface area contributed by atoms with Crippen molar-refractivity contribution in [3.63, 3.8) is 0 Å². The van der Waals surface area contributed by atoms with E-state index in [0.717, 1.165) is 6.07 Å². The summed E-state index contributed by atoms with van der Waals surface area (Å²) >= 11 is 0. The van der Waals surface area contributed by atoms with Crippen LogP contribution in [-0.4, -0.2) is 11.1 Å². The minimum Gasteiger partial charge on any atom is -0.486 e. The molecule has 0 saturated heterocycles. The van der Waals surface area contributed by atoms with Crippen molar-refractivity contribution in [1.29, 1.82) is 5.26 Å². The van der Waals surface area contributed by atoms with E-state index >= 15 is 0 Å². The molecule has 1 aromatic heterocycles. The number of ether oxygens (including phenoxy) is 1. The maximum absolute atomic E-state index is 13.3. The number of rotatable bonds is 4. The van der Waals surface area contributed by atoms with Crippen LogP contribution in [0.25, 0.3) is 0 Å². The molecule has 5 nitrogen and oxygen atoms in total. The number of nitriles is 1. The highest BCUT2D eigenvalue weighted by Crippen LogP contribution is 2.18. The van der Waals surface area contributed by atoms with Gasteiger partial charge in [-0.1, -0.05) is 0 Å². The summed E-state index contributed by atoms with van der Waals surface area (Å²) in [4.78, 5) is 10.6. The van der Waals surface area contributed by atoms with E-state index in [9.17, 15) is 9.18 Å². The lowest BCUT2D eigenvalue weighted by molar-refractivity contribution is 0.0658. The fourth-order valence-electron chi connectivity index (χ4n) is 1.40. The van der Waals surface area contributed by atoms with Gasteiger partial charge in [0.2, 0.25) is 5.76 Å². The van der Waals surface area contributed by atoms with Gasteiger partial charge < -0.3 is 14.3 Å². The fraction of sp³-hybridized carbons (Fsp3) is 0.0769. The third kappa shape index (κ3) is 2.90. The largest absolute Gasteiger partial charge is 0.486 e. The number of aromatic carboxylic acids is 1. The molecule has 0 radical (unpaired) electrons. The predicted molar refractivity (Wildman–Crippen MR) is 61.1 cm³/mol. The summed E-state index contributed by atoms with van der Waals surface area (Å²) in [7, 11) is 0. The number of carboxylic acid groups (broad SMARTS) is 1. The van der Waals surface area contributed by atoms with Crippen LogP contribution in [0.3, 0.4) is 0 Å². The second kappa shape index (κ2) is 5.23. The molecule has 0 bridgehead atoms. The van der Waals surface area contributed by atoms with Gasteiger partial charge >= 0.3 is 5.97 Å². The molecule has 0 aliphatic rings. The van der Waals surface area contributed by atoms with Gasteiger partial charge in [-0.05, 0) is 24.3 Å². The summed E-state index contributed by atoms with van der Waals surface area (Å²) in [5.74, 6) is -1.50. The molecular weight excluding hydrogens is 253 g/mol. The maximum Gasteiger partial charge on any atom is 0.371 e. The first kappa shape index (κ1) is 12.6. The molecule has 0 atom stereocenters. The number of hydrogen-bond donors (Lipinski definition) is 1. The Labute approximate surface area is 107 Å². The van der Waals surface area contributed by atoms with Crippen molar-refractivity contribution in [2.75, 3.05) is 0 Å². The Morgan fingerprint density at radius 1 is 1.42 bits per heavy atom. The Morgan fingerprint density at radius 2 is 2.21 bits per heavy atom. The Kier molecular flexibility index (Phi) is 3.48. The molecule has 1 aromatic carbocycles. The average Bonchev–Trinajstić information content (AvgIpc) is 2.85. The van der Waals surface area contributed by atoms with Crippen LogP contribution in [-0.2, 0) is 6.61 Å². The van der Waals surface area contributed by atoms with Gasteiger partial charge in [0.05, 0.1) is 5.56 Å². The number of nitrogens with zero attached hydrogens (tertiary/aromatic N) is 1. The van der Waals surface area contributed by atoms with Crippen molar-refractivity contribution < 1.29 is 23.4 Å². The summed E-state index contributed by atoms with van der Waals surface area (Å²) in [6.07, 6.45) is 0. The zero-order valence-corrected chi connectivity index (χ0v) is 9.59. The lowest BCUT2D eigenvalue weighted by Crippen LogP contribution is -1.96. The molecule has 19 heavy (non-hydrogen) atoms. The van der Waals surface area contributed by atoms with E-state index in [0.29, 0.717) is 5.76 Å². The van der Waals surface area contributed by atoms with E-state index in [1.807, 2.05) is 0 Å². The molecular formula is C13H8FNO4. The summed E-state index contributed by atoms with van der Waals surface area (Å²) in [5, 5.41) is 17.2. The first-order valence-corrected chi connectivity index (χ1v) is 5.24. The smallest absolute Gasteiger partial charge is 0.371 e. The molecule has 1 heterocycles. The maximum atomic E-state index is 13.3. The number of furan rings is 1. The molecule has 0 unspecified atom stereocenters. The second-order valence-corrected chi connectivity index (χ2v) is 3.61. The summed E-state index contributed by atoms with van der Waals surface area (Å²) < 4.78 is 23.5. The van der Waals surface area contributed by atoms with Gasteiger partial charge in [0, 0.05) is 6.07 Å². The van der Waals surface area contributed by atoms with E-state index in [1.165, 1.54) is 24.3 Å². The van der Waals surface area contributed by atoms with Crippen LogP contribution in [0, 0.1) is 17.1 Å². The summed E-state index contributed by atoms with van der Waals surface area (Å²) in [6.45, 7) is -0.0291. The predicted octanol–water partition coefficient (Wildman–Crippen LogP) is 2.57. The van der Waals surface area contributed by atoms with Crippen molar-refractivity contribution in [3.8, 4) is 11.8 Å². The minimum absolute atomic E-state index is 0.0291. The van der Waals surface area contributed by atoms with Gasteiger partial charge in [-0.2, -0.15) is 5.26 Å². The Balaban J connectivity index is 2.04. The Hall–Kier alpha value is -2.81. The average molecular weight is 261 g/mol. The SMILES string of the molecule is N#Cc1ccc(OCc2ccc(C(=O)O)o2)cc1F. The van der Waals surface area contributed by atoms with Crippen LogP contribution in [0.5, 0.6) is 5.75 Å². The zero-order valence-electron chi connectivity index (χ0n) is 9.59. The molecule has 0 spiro atoms. The van der Waals surface area contributed by atoms with E-state index < -0.39 is 11.8 Å². The van der Waals surface area contributed by atoms with Crippen molar-refractivity contribution in [2.24, 2.45) is 0 Å². The van der Waals surface area contributed by atoms with Crippen LogP contribution < -0.4 is 4.74 Å². The number of benzene rings is 1. The zero-order chi connectivity index (χ0) is 13.8. The third-order valence-electron chi connectivity index (χ3n) is 2.31. The number of carboxylic acids is 1. The normalized spacial score (nSPS) is 9.89. The van der Waals surface area contributed by atoms with E-state index in [1.54, 1.807) is 6.07 Å². The molecule has 0 aliphatic heterocycles. The Bertz CT molecular complexity index is 657.